The van der Waals surface area contributed by atoms with Gasteiger partial charge in [0.15, 0.2) is 11.6 Å². The van der Waals surface area contributed by atoms with E-state index in [0.29, 0.717) is 12.5 Å². The third-order valence-electron chi connectivity index (χ3n) is 3.70. The molecule has 0 bridgehead atoms. The van der Waals surface area contributed by atoms with Gasteiger partial charge in [-0.05, 0) is 32.8 Å². The topological polar surface area (TPSA) is 74.2 Å². The summed E-state index contributed by atoms with van der Waals surface area (Å²) in [4.78, 5) is 29.0. The molecule has 0 radical (unpaired) electrons. The van der Waals surface area contributed by atoms with Crippen molar-refractivity contribution in [1.82, 2.24) is 0 Å². The molecular formula is C19H23NO5. The van der Waals surface area contributed by atoms with Crippen molar-refractivity contribution >= 4 is 17.8 Å². The Morgan fingerprint density at radius 3 is 2.24 bits per heavy atom. The highest BCUT2D eigenvalue weighted by molar-refractivity contribution is 6.04. The second-order valence-corrected chi connectivity index (χ2v) is 5.32. The maximum Gasteiger partial charge on any atom is 0.357 e. The molecule has 0 saturated carbocycles. The molecule has 25 heavy (non-hydrogen) atoms. The molecule has 1 aliphatic rings. The van der Waals surface area contributed by atoms with Crippen LogP contribution in [0.1, 0.15) is 38.7 Å². The maximum absolute atomic E-state index is 12.4. The van der Waals surface area contributed by atoms with Crippen LogP contribution in [0.25, 0.3) is 0 Å². The van der Waals surface area contributed by atoms with Gasteiger partial charge in [0.1, 0.15) is 0 Å². The van der Waals surface area contributed by atoms with E-state index in [2.05, 4.69) is 4.99 Å². The van der Waals surface area contributed by atoms with E-state index in [0.717, 1.165) is 5.56 Å². The SMILES string of the molecule is CCOC(=O)C1=C(C(=O)OCC)N=C(OCC)C(c2ccccc2)C1. The molecule has 2 rings (SSSR count). The van der Waals surface area contributed by atoms with E-state index in [9.17, 15) is 9.59 Å². The van der Waals surface area contributed by atoms with E-state index in [1.807, 2.05) is 37.3 Å². The van der Waals surface area contributed by atoms with Gasteiger partial charge in [-0.25, -0.2) is 14.6 Å². The molecule has 1 aliphatic heterocycles. The summed E-state index contributed by atoms with van der Waals surface area (Å²) in [6, 6.07) is 9.62. The third-order valence-corrected chi connectivity index (χ3v) is 3.70. The Morgan fingerprint density at radius 2 is 1.64 bits per heavy atom. The first-order chi connectivity index (χ1) is 12.1. The molecule has 0 saturated heterocycles. The van der Waals surface area contributed by atoms with Crippen LogP contribution in [-0.2, 0) is 23.8 Å². The van der Waals surface area contributed by atoms with Crippen LogP contribution in [0.2, 0.25) is 0 Å². The van der Waals surface area contributed by atoms with Crippen LogP contribution >= 0.6 is 0 Å². The monoisotopic (exact) mass is 345 g/mol. The highest BCUT2D eigenvalue weighted by Crippen LogP contribution is 2.33. The Labute approximate surface area is 147 Å². The minimum Gasteiger partial charge on any atom is -0.481 e. The Bertz CT molecular complexity index is 678. The zero-order chi connectivity index (χ0) is 18.2. The van der Waals surface area contributed by atoms with Crippen molar-refractivity contribution in [3.05, 3.63) is 47.2 Å². The summed E-state index contributed by atoms with van der Waals surface area (Å²) < 4.78 is 15.8. The smallest absolute Gasteiger partial charge is 0.357 e. The van der Waals surface area contributed by atoms with Crippen molar-refractivity contribution in [3.63, 3.8) is 0 Å². The van der Waals surface area contributed by atoms with Crippen molar-refractivity contribution < 1.29 is 23.8 Å². The number of hydrogen-bond donors (Lipinski definition) is 0. The molecule has 1 aromatic rings. The maximum atomic E-state index is 12.4. The number of aliphatic imine (C=N–C) groups is 1. The number of benzene rings is 1. The molecule has 0 spiro atoms. The molecule has 1 heterocycles. The molecule has 1 unspecified atom stereocenters. The number of rotatable bonds is 6. The summed E-state index contributed by atoms with van der Waals surface area (Å²) in [6.45, 7) is 6.09. The Kier molecular flexibility index (Phi) is 6.74. The van der Waals surface area contributed by atoms with E-state index < -0.39 is 11.9 Å². The van der Waals surface area contributed by atoms with Gasteiger partial charge in [-0.3, -0.25) is 0 Å². The molecule has 0 aromatic heterocycles. The second-order valence-electron chi connectivity index (χ2n) is 5.32. The van der Waals surface area contributed by atoms with Gasteiger partial charge in [-0.1, -0.05) is 30.3 Å². The third kappa shape index (κ3) is 4.47. The van der Waals surface area contributed by atoms with Gasteiger partial charge in [0.05, 0.1) is 31.3 Å². The summed E-state index contributed by atoms with van der Waals surface area (Å²) in [5.41, 5.74) is 1.15. The average Bonchev–Trinajstić information content (AvgIpc) is 2.62. The minimum absolute atomic E-state index is 0.0315. The molecule has 0 amide bonds. The molecule has 1 aromatic carbocycles. The van der Waals surface area contributed by atoms with Crippen LogP contribution in [0.4, 0.5) is 0 Å². The first-order valence-electron chi connectivity index (χ1n) is 8.46. The number of nitrogens with zero attached hydrogens (tertiary/aromatic N) is 1. The Balaban J connectivity index is 2.48. The van der Waals surface area contributed by atoms with Crippen LogP contribution in [-0.4, -0.2) is 37.7 Å². The van der Waals surface area contributed by atoms with Crippen LogP contribution < -0.4 is 0 Å². The molecule has 6 nitrogen and oxygen atoms in total. The van der Waals surface area contributed by atoms with Gasteiger partial charge >= 0.3 is 11.9 Å². The predicted molar refractivity (Wildman–Crippen MR) is 93.2 cm³/mol. The molecule has 134 valence electrons. The Hall–Kier alpha value is -2.63. The normalized spacial score (nSPS) is 16.9. The summed E-state index contributed by atoms with van der Waals surface area (Å²) >= 11 is 0. The summed E-state index contributed by atoms with van der Waals surface area (Å²) in [6.07, 6.45) is 0.274. The van der Waals surface area contributed by atoms with E-state index >= 15 is 0 Å². The van der Waals surface area contributed by atoms with Crippen molar-refractivity contribution in [2.24, 2.45) is 4.99 Å². The largest absolute Gasteiger partial charge is 0.481 e. The van der Waals surface area contributed by atoms with E-state index in [1.165, 1.54) is 0 Å². The van der Waals surface area contributed by atoms with E-state index in [4.69, 9.17) is 14.2 Å². The van der Waals surface area contributed by atoms with Gasteiger partial charge in [0.2, 0.25) is 0 Å². The van der Waals surface area contributed by atoms with Gasteiger partial charge in [-0.15, -0.1) is 0 Å². The Morgan fingerprint density at radius 1 is 1.00 bits per heavy atom. The van der Waals surface area contributed by atoms with E-state index in [-0.39, 0.29) is 36.8 Å². The number of hydrogen-bond acceptors (Lipinski definition) is 6. The molecule has 0 fully saturated rings. The van der Waals surface area contributed by atoms with Crippen LogP contribution in [0.3, 0.4) is 0 Å². The van der Waals surface area contributed by atoms with Crippen molar-refractivity contribution in [2.75, 3.05) is 19.8 Å². The van der Waals surface area contributed by atoms with Gasteiger partial charge in [-0.2, -0.15) is 0 Å². The van der Waals surface area contributed by atoms with E-state index in [1.54, 1.807) is 13.8 Å². The molecular weight excluding hydrogens is 322 g/mol. The van der Waals surface area contributed by atoms with Crippen LogP contribution in [0.5, 0.6) is 0 Å². The van der Waals surface area contributed by atoms with Crippen molar-refractivity contribution in [3.8, 4) is 0 Å². The number of carbonyl (C=O) groups is 2. The lowest BCUT2D eigenvalue weighted by molar-refractivity contribution is -0.142. The summed E-state index contributed by atoms with van der Waals surface area (Å²) in [5, 5.41) is 0. The lowest BCUT2D eigenvalue weighted by Gasteiger charge is -2.25. The minimum atomic E-state index is -0.644. The van der Waals surface area contributed by atoms with Crippen molar-refractivity contribution in [2.45, 2.75) is 33.1 Å². The second kappa shape index (κ2) is 9.01. The predicted octanol–water partition coefficient (Wildman–Crippen LogP) is 2.99. The fourth-order valence-electron chi connectivity index (χ4n) is 2.64. The molecule has 0 N–H and O–H groups in total. The lowest BCUT2D eigenvalue weighted by Crippen LogP contribution is -2.27. The zero-order valence-corrected chi connectivity index (χ0v) is 14.8. The average molecular weight is 345 g/mol. The lowest BCUT2D eigenvalue weighted by atomic mass is 9.88. The van der Waals surface area contributed by atoms with Crippen molar-refractivity contribution in [1.29, 1.82) is 0 Å². The number of ether oxygens (including phenoxy) is 3. The fraction of sp³-hybridized carbons (Fsp3) is 0.421. The quantitative estimate of drug-likeness (QED) is 0.741. The first kappa shape index (κ1) is 18.7. The summed E-state index contributed by atoms with van der Waals surface area (Å²) in [5.74, 6) is -1.04. The van der Waals surface area contributed by atoms with Gasteiger partial charge < -0.3 is 14.2 Å². The van der Waals surface area contributed by atoms with Gasteiger partial charge in [0, 0.05) is 0 Å². The molecule has 1 atom stereocenters. The van der Waals surface area contributed by atoms with Gasteiger partial charge in [0.25, 0.3) is 0 Å². The first-order valence-corrected chi connectivity index (χ1v) is 8.46. The number of esters is 2. The molecule has 6 heteroatoms. The number of carbonyl (C=O) groups excluding carboxylic acids is 2. The van der Waals surface area contributed by atoms with Crippen LogP contribution in [0, 0.1) is 0 Å². The fourth-order valence-corrected chi connectivity index (χ4v) is 2.64. The summed E-state index contributed by atoms with van der Waals surface area (Å²) in [7, 11) is 0. The van der Waals surface area contributed by atoms with Crippen LogP contribution in [0.15, 0.2) is 46.6 Å². The standard InChI is InChI=1S/C19H23NO5/c1-4-23-17-14(13-10-8-7-9-11-13)12-15(18(21)24-5-2)16(20-17)19(22)25-6-3/h7-11,14H,4-6,12H2,1-3H3. The highest BCUT2D eigenvalue weighted by Gasteiger charge is 2.34. The highest BCUT2D eigenvalue weighted by atomic mass is 16.5. The zero-order valence-electron chi connectivity index (χ0n) is 14.8. The molecule has 0 aliphatic carbocycles.